The lowest BCUT2D eigenvalue weighted by Crippen LogP contribution is -2.46. The van der Waals surface area contributed by atoms with Crippen LogP contribution in [0, 0.1) is 12.7 Å². The molecule has 0 unspecified atom stereocenters. The summed E-state index contributed by atoms with van der Waals surface area (Å²) in [5, 5.41) is 0.0951. The molecule has 0 spiro atoms. The molecule has 8 heteroatoms. The SMILES string of the molecule is CCCCn1cc(S(=O)(=O)c2ccc(C)cc2)c(=O)c2cc(F)c(N3CCN(CC)CC3)cc21. The van der Waals surface area contributed by atoms with Crippen molar-refractivity contribution in [2.45, 2.75) is 49.9 Å². The van der Waals surface area contributed by atoms with Crippen LogP contribution in [0.3, 0.4) is 0 Å². The fraction of sp³-hybridized carbons (Fsp3) is 0.423. The predicted octanol–water partition coefficient (Wildman–Crippen LogP) is 4.22. The summed E-state index contributed by atoms with van der Waals surface area (Å²) in [6.07, 6.45) is 3.15. The summed E-state index contributed by atoms with van der Waals surface area (Å²) in [6.45, 7) is 10.6. The second kappa shape index (κ2) is 9.88. The van der Waals surface area contributed by atoms with Crippen LogP contribution in [0.15, 0.2) is 57.2 Å². The number of nitrogens with zero attached hydrogens (tertiary/aromatic N) is 3. The number of likely N-dealkylation sites (N-methyl/N-ethyl adjacent to an activating group) is 1. The largest absolute Gasteiger partial charge is 0.367 e. The van der Waals surface area contributed by atoms with Gasteiger partial charge in [0, 0.05) is 38.9 Å². The van der Waals surface area contributed by atoms with E-state index in [-0.39, 0.29) is 15.2 Å². The van der Waals surface area contributed by atoms with E-state index < -0.39 is 21.1 Å². The number of pyridine rings is 1. The minimum Gasteiger partial charge on any atom is -0.367 e. The van der Waals surface area contributed by atoms with Crippen molar-refractivity contribution in [1.29, 1.82) is 0 Å². The molecule has 6 nitrogen and oxygen atoms in total. The van der Waals surface area contributed by atoms with E-state index in [9.17, 15) is 13.2 Å². The van der Waals surface area contributed by atoms with Crippen molar-refractivity contribution in [3.05, 3.63) is 64.2 Å². The number of piperazine rings is 1. The van der Waals surface area contributed by atoms with Crippen LogP contribution in [0.5, 0.6) is 0 Å². The minimum atomic E-state index is -4.05. The van der Waals surface area contributed by atoms with Gasteiger partial charge in [0.15, 0.2) is 0 Å². The van der Waals surface area contributed by atoms with Gasteiger partial charge in [0.2, 0.25) is 15.3 Å². The number of unbranched alkanes of at least 4 members (excludes halogenated alkanes) is 1. The molecule has 182 valence electrons. The molecule has 0 atom stereocenters. The lowest BCUT2D eigenvalue weighted by Gasteiger charge is -2.35. The quantitative estimate of drug-likeness (QED) is 0.501. The number of rotatable bonds is 7. The molecule has 1 aliphatic heterocycles. The highest BCUT2D eigenvalue weighted by Crippen LogP contribution is 2.28. The van der Waals surface area contributed by atoms with Gasteiger partial charge >= 0.3 is 0 Å². The van der Waals surface area contributed by atoms with Crippen LogP contribution in [0.2, 0.25) is 0 Å². The van der Waals surface area contributed by atoms with Crippen molar-refractivity contribution in [3.8, 4) is 0 Å². The Balaban J connectivity index is 1.86. The van der Waals surface area contributed by atoms with Crippen LogP contribution in [-0.2, 0) is 16.4 Å². The van der Waals surface area contributed by atoms with Gasteiger partial charge in [-0.3, -0.25) is 4.79 Å². The van der Waals surface area contributed by atoms with Gasteiger partial charge in [0.1, 0.15) is 10.7 Å². The summed E-state index contributed by atoms with van der Waals surface area (Å²) in [6, 6.07) is 9.34. The summed E-state index contributed by atoms with van der Waals surface area (Å²) >= 11 is 0. The van der Waals surface area contributed by atoms with Crippen LogP contribution >= 0.6 is 0 Å². The molecular weight excluding hydrogens is 453 g/mol. The fourth-order valence-corrected chi connectivity index (χ4v) is 5.84. The number of aryl methyl sites for hydroxylation is 2. The van der Waals surface area contributed by atoms with Crippen molar-refractivity contribution in [2.75, 3.05) is 37.6 Å². The van der Waals surface area contributed by atoms with E-state index in [1.54, 1.807) is 22.8 Å². The van der Waals surface area contributed by atoms with Crippen molar-refractivity contribution in [2.24, 2.45) is 0 Å². The molecule has 34 heavy (non-hydrogen) atoms. The molecule has 1 aliphatic rings. The van der Waals surface area contributed by atoms with Crippen LogP contribution in [0.25, 0.3) is 10.9 Å². The summed E-state index contributed by atoms with van der Waals surface area (Å²) in [7, 11) is -4.05. The number of sulfone groups is 1. The lowest BCUT2D eigenvalue weighted by molar-refractivity contribution is 0.270. The number of aromatic nitrogens is 1. The van der Waals surface area contributed by atoms with E-state index in [2.05, 4.69) is 11.8 Å². The zero-order valence-corrected chi connectivity index (χ0v) is 20.9. The first-order valence-corrected chi connectivity index (χ1v) is 13.4. The fourth-order valence-electron chi connectivity index (χ4n) is 4.47. The Morgan fingerprint density at radius 2 is 1.68 bits per heavy atom. The Hall–Kier alpha value is -2.71. The standard InChI is InChI=1S/C26H32FN3O3S/c1-4-6-11-30-18-25(34(32,33)20-9-7-19(3)8-10-20)26(31)21-16-22(27)24(17-23(21)30)29-14-12-28(5-2)13-15-29/h7-10,16-18H,4-6,11-15H2,1-3H3. The molecule has 0 aliphatic carbocycles. The molecule has 0 amide bonds. The van der Waals surface area contributed by atoms with E-state index in [0.29, 0.717) is 30.8 Å². The monoisotopic (exact) mass is 485 g/mol. The third-order valence-corrected chi connectivity index (χ3v) is 8.41. The first kappa shape index (κ1) is 24.4. The van der Waals surface area contributed by atoms with E-state index >= 15 is 4.39 Å². The highest BCUT2D eigenvalue weighted by atomic mass is 32.2. The third-order valence-electron chi connectivity index (χ3n) is 6.65. The van der Waals surface area contributed by atoms with Crippen molar-refractivity contribution < 1.29 is 12.8 Å². The number of halogens is 1. The summed E-state index contributed by atoms with van der Waals surface area (Å²) in [5.41, 5.74) is 1.29. The highest BCUT2D eigenvalue weighted by Gasteiger charge is 2.26. The molecule has 0 saturated carbocycles. The zero-order valence-electron chi connectivity index (χ0n) is 20.1. The van der Waals surface area contributed by atoms with Crippen LogP contribution in [0.1, 0.15) is 32.3 Å². The van der Waals surface area contributed by atoms with Crippen molar-refractivity contribution >= 4 is 26.4 Å². The maximum Gasteiger partial charge on any atom is 0.211 e. The van der Waals surface area contributed by atoms with Crippen molar-refractivity contribution in [3.63, 3.8) is 0 Å². The van der Waals surface area contributed by atoms with Crippen LogP contribution < -0.4 is 10.3 Å². The summed E-state index contributed by atoms with van der Waals surface area (Å²) in [5.74, 6) is -0.499. The smallest absolute Gasteiger partial charge is 0.211 e. The Kier molecular flexibility index (Phi) is 7.09. The van der Waals surface area contributed by atoms with Gasteiger partial charge in [-0.05, 0) is 44.2 Å². The molecule has 1 fully saturated rings. The van der Waals surface area contributed by atoms with Gasteiger partial charge in [-0.2, -0.15) is 0 Å². The summed E-state index contributed by atoms with van der Waals surface area (Å²) in [4.78, 5) is 17.4. The number of hydrogen-bond donors (Lipinski definition) is 0. The Bertz CT molecular complexity index is 1340. The van der Waals surface area contributed by atoms with Gasteiger partial charge in [-0.15, -0.1) is 0 Å². The van der Waals surface area contributed by atoms with Gasteiger partial charge in [-0.1, -0.05) is 38.0 Å². The van der Waals surface area contributed by atoms with Gasteiger partial charge in [0.25, 0.3) is 0 Å². The van der Waals surface area contributed by atoms with E-state index in [0.717, 1.165) is 38.0 Å². The van der Waals surface area contributed by atoms with E-state index in [1.807, 2.05) is 18.7 Å². The second-order valence-corrected chi connectivity index (χ2v) is 10.8. The van der Waals surface area contributed by atoms with Crippen molar-refractivity contribution in [1.82, 2.24) is 9.47 Å². The first-order valence-electron chi connectivity index (χ1n) is 11.9. The number of fused-ring (bicyclic) bond motifs is 1. The molecule has 0 N–H and O–H groups in total. The van der Waals surface area contributed by atoms with Gasteiger partial charge in [-0.25, -0.2) is 12.8 Å². The Morgan fingerprint density at radius 1 is 1.00 bits per heavy atom. The average molecular weight is 486 g/mol. The number of hydrogen-bond acceptors (Lipinski definition) is 5. The zero-order chi connectivity index (χ0) is 24.5. The van der Waals surface area contributed by atoms with Gasteiger partial charge < -0.3 is 14.4 Å². The van der Waals surface area contributed by atoms with Crippen LogP contribution in [-0.4, -0.2) is 50.6 Å². The maximum atomic E-state index is 15.3. The number of anilines is 1. The maximum absolute atomic E-state index is 15.3. The molecule has 0 bridgehead atoms. The molecule has 3 aromatic rings. The van der Waals surface area contributed by atoms with Gasteiger partial charge in [0.05, 0.1) is 21.5 Å². The van der Waals surface area contributed by atoms with Crippen LogP contribution in [0.4, 0.5) is 10.1 Å². The minimum absolute atomic E-state index is 0.0579. The molecule has 2 heterocycles. The average Bonchev–Trinajstić information content (AvgIpc) is 2.84. The highest BCUT2D eigenvalue weighted by molar-refractivity contribution is 7.91. The Morgan fingerprint density at radius 3 is 2.29 bits per heavy atom. The molecule has 1 saturated heterocycles. The first-order chi connectivity index (χ1) is 16.3. The molecular formula is C26H32FN3O3S. The molecule has 0 radical (unpaired) electrons. The number of benzene rings is 2. The van der Waals surface area contributed by atoms with E-state index in [1.165, 1.54) is 24.4 Å². The molecule has 1 aromatic heterocycles. The molecule has 2 aromatic carbocycles. The third kappa shape index (κ3) is 4.61. The topological polar surface area (TPSA) is 62.6 Å². The predicted molar refractivity (Wildman–Crippen MR) is 134 cm³/mol. The summed E-state index contributed by atoms with van der Waals surface area (Å²) < 4.78 is 43.8. The normalized spacial score (nSPS) is 15.2. The Labute approximate surface area is 200 Å². The van der Waals surface area contributed by atoms with E-state index in [4.69, 9.17) is 0 Å². The second-order valence-electron chi connectivity index (χ2n) is 8.93. The lowest BCUT2D eigenvalue weighted by atomic mass is 10.1. The molecule has 4 rings (SSSR count).